The molecule has 6 heteroatoms. The number of morpholine rings is 1. The molecule has 5 nitrogen and oxygen atoms in total. The molecule has 27 heavy (non-hydrogen) atoms. The molecule has 1 heterocycles. The van der Waals surface area contributed by atoms with Crippen molar-refractivity contribution < 1.29 is 19.4 Å². The molecule has 1 atom stereocenters. The summed E-state index contributed by atoms with van der Waals surface area (Å²) >= 11 is 0. The Morgan fingerprint density at radius 2 is 1.85 bits per heavy atom. The molecule has 1 fully saturated rings. The highest BCUT2D eigenvalue weighted by Gasteiger charge is 2.22. The molecule has 0 aromatic heterocycles. The lowest BCUT2D eigenvalue weighted by Crippen LogP contribution is -2.39. The normalized spacial score (nSPS) is 17.2. The van der Waals surface area contributed by atoms with Crippen LogP contribution in [-0.4, -0.2) is 42.2 Å². The minimum Gasteiger partial charge on any atom is -0.481 e. The third-order valence-electron chi connectivity index (χ3n) is 4.67. The maximum absolute atomic E-state index is 10.8. The van der Waals surface area contributed by atoms with Crippen molar-refractivity contribution in [3.63, 3.8) is 0 Å². The van der Waals surface area contributed by atoms with Crippen molar-refractivity contribution in [2.24, 2.45) is 0 Å². The van der Waals surface area contributed by atoms with E-state index in [-0.39, 0.29) is 24.9 Å². The number of rotatable bonds is 6. The molecule has 3 rings (SSSR count). The van der Waals surface area contributed by atoms with Crippen LogP contribution in [0, 0.1) is 13.8 Å². The predicted molar refractivity (Wildman–Crippen MR) is 107 cm³/mol. The van der Waals surface area contributed by atoms with Crippen LogP contribution in [0.2, 0.25) is 0 Å². The second-order valence-corrected chi connectivity index (χ2v) is 6.70. The third-order valence-corrected chi connectivity index (χ3v) is 4.67. The summed E-state index contributed by atoms with van der Waals surface area (Å²) in [6, 6.07) is 14.1. The second kappa shape index (κ2) is 9.74. The van der Waals surface area contributed by atoms with Crippen molar-refractivity contribution in [3.05, 3.63) is 59.2 Å². The molecular formula is C21H26ClNO4. The Morgan fingerprint density at radius 3 is 2.48 bits per heavy atom. The van der Waals surface area contributed by atoms with Crippen molar-refractivity contribution in [1.82, 2.24) is 4.90 Å². The number of carbonyl (C=O) groups is 1. The first-order chi connectivity index (χ1) is 12.5. The summed E-state index contributed by atoms with van der Waals surface area (Å²) in [4.78, 5) is 12.9. The summed E-state index contributed by atoms with van der Waals surface area (Å²) in [5, 5.41) is 8.85. The van der Waals surface area contributed by atoms with Crippen LogP contribution >= 0.6 is 12.4 Å². The summed E-state index contributed by atoms with van der Waals surface area (Å²) in [6.45, 7) is 6.74. The van der Waals surface area contributed by atoms with E-state index in [1.165, 1.54) is 0 Å². The lowest BCUT2D eigenvalue weighted by molar-refractivity contribution is -0.137. The van der Waals surface area contributed by atoms with E-state index in [4.69, 9.17) is 14.6 Å². The van der Waals surface area contributed by atoms with E-state index in [9.17, 15) is 4.79 Å². The van der Waals surface area contributed by atoms with Crippen LogP contribution in [0.5, 0.6) is 11.5 Å². The van der Waals surface area contributed by atoms with Crippen LogP contribution in [0.3, 0.4) is 0 Å². The Morgan fingerprint density at radius 1 is 1.19 bits per heavy atom. The molecule has 0 aliphatic carbocycles. The molecule has 0 spiro atoms. The topological polar surface area (TPSA) is 59.0 Å². The van der Waals surface area contributed by atoms with Crippen LogP contribution in [0.25, 0.3) is 0 Å². The van der Waals surface area contributed by atoms with Gasteiger partial charge in [-0.2, -0.15) is 0 Å². The maximum Gasteiger partial charge on any atom is 0.304 e. The number of aliphatic carboxylic acids is 1. The highest BCUT2D eigenvalue weighted by molar-refractivity contribution is 5.85. The molecule has 0 saturated carbocycles. The van der Waals surface area contributed by atoms with Crippen LogP contribution in [0.15, 0.2) is 42.5 Å². The predicted octanol–water partition coefficient (Wildman–Crippen LogP) is 4.37. The smallest absolute Gasteiger partial charge is 0.304 e. The number of para-hydroxylation sites is 1. The van der Waals surface area contributed by atoms with Gasteiger partial charge in [0.05, 0.1) is 19.1 Å². The highest BCUT2D eigenvalue weighted by atomic mass is 35.5. The minimum absolute atomic E-state index is 0. The molecule has 1 saturated heterocycles. The summed E-state index contributed by atoms with van der Waals surface area (Å²) in [7, 11) is 0. The first kappa shape index (κ1) is 21.2. The van der Waals surface area contributed by atoms with Gasteiger partial charge in [0.25, 0.3) is 0 Å². The highest BCUT2D eigenvalue weighted by Crippen LogP contribution is 2.30. The van der Waals surface area contributed by atoms with E-state index in [0.717, 1.165) is 34.7 Å². The van der Waals surface area contributed by atoms with E-state index in [1.54, 1.807) is 0 Å². The minimum atomic E-state index is -0.763. The van der Waals surface area contributed by atoms with Gasteiger partial charge in [-0.05, 0) is 42.7 Å². The van der Waals surface area contributed by atoms with Gasteiger partial charge >= 0.3 is 5.97 Å². The molecule has 2 aromatic rings. The molecule has 0 bridgehead atoms. The fourth-order valence-electron chi connectivity index (χ4n) is 3.19. The number of ether oxygens (including phenoxy) is 2. The van der Waals surface area contributed by atoms with Gasteiger partial charge in [0.1, 0.15) is 11.5 Å². The molecule has 1 aliphatic heterocycles. The zero-order valence-electron chi connectivity index (χ0n) is 15.7. The first-order valence-electron chi connectivity index (χ1n) is 8.92. The molecule has 0 radical (unpaired) electrons. The Hall–Kier alpha value is -2.08. The molecule has 0 amide bonds. The van der Waals surface area contributed by atoms with Gasteiger partial charge in [0, 0.05) is 19.6 Å². The average molecular weight is 392 g/mol. The molecule has 1 aliphatic rings. The Balaban J connectivity index is 0.00000261. The number of hydrogen-bond acceptors (Lipinski definition) is 4. The number of benzene rings is 2. The number of carboxylic acid groups (broad SMARTS) is 1. The van der Waals surface area contributed by atoms with Crippen LogP contribution in [0.1, 0.15) is 29.2 Å². The summed E-state index contributed by atoms with van der Waals surface area (Å²) in [6.07, 6.45) is 0.127. The number of carboxylic acids is 1. The molecule has 146 valence electrons. The van der Waals surface area contributed by atoms with Crippen molar-refractivity contribution in [3.8, 4) is 11.5 Å². The standard InChI is InChI=1S/C21H25NO4.ClH/c1-15-4-3-5-16(2)21(15)26-18-8-6-17(7-9-18)19-14-22(12-13-25-19)11-10-20(23)24;/h3-9,19H,10-14H2,1-2H3,(H,23,24);1H. The second-order valence-electron chi connectivity index (χ2n) is 6.70. The quantitative estimate of drug-likeness (QED) is 0.792. The number of nitrogens with zero attached hydrogens (tertiary/aromatic N) is 1. The lowest BCUT2D eigenvalue weighted by Gasteiger charge is -2.32. The summed E-state index contributed by atoms with van der Waals surface area (Å²) in [5.41, 5.74) is 3.30. The first-order valence-corrected chi connectivity index (χ1v) is 8.92. The van der Waals surface area contributed by atoms with E-state index >= 15 is 0 Å². The van der Waals surface area contributed by atoms with Crippen molar-refractivity contribution in [1.29, 1.82) is 0 Å². The van der Waals surface area contributed by atoms with Gasteiger partial charge in [0.2, 0.25) is 0 Å². The number of halogens is 1. The van der Waals surface area contributed by atoms with E-state index < -0.39 is 5.97 Å². The van der Waals surface area contributed by atoms with Crippen molar-refractivity contribution in [2.45, 2.75) is 26.4 Å². The molecule has 1 N–H and O–H groups in total. The SMILES string of the molecule is Cc1cccc(C)c1Oc1ccc(C2CN(CCC(=O)O)CCO2)cc1.Cl. The lowest BCUT2D eigenvalue weighted by atomic mass is 10.1. The fraction of sp³-hybridized carbons (Fsp3) is 0.381. The van der Waals surface area contributed by atoms with Gasteiger partial charge in [-0.25, -0.2) is 0 Å². The van der Waals surface area contributed by atoms with E-state index in [1.807, 2.05) is 56.3 Å². The van der Waals surface area contributed by atoms with Gasteiger partial charge < -0.3 is 14.6 Å². The van der Waals surface area contributed by atoms with E-state index in [0.29, 0.717) is 19.7 Å². The van der Waals surface area contributed by atoms with Crippen LogP contribution < -0.4 is 4.74 Å². The van der Waals surface area contributed by atoms with Gasteiger partial charge in [0.15, 0.2) is 0 Å². The third kappa shape index (κ3) is 5.70. The molecule has 2 aromatic carbocycles. The van der Waals surface area contributed by atoms with Crippen LogP contribution in [-0.2, 0) is 9.53 Å². The van der Waals surface area contributed by atoms with Gasteiger partial charge in [-0.1, -0.05) is 30.3 Å². The average Bonchev–Trinajstić information content (AvgIpc) is 2.64. The largest absolute Gasteiger partial charge is 0.481 e. The number of hydrogen-bond donors (Lipinski definition) is 1. The Labute approximate surface area is 166 Å². The van der Waals surface area contributed by atoms with Gasteiger partial charge in [-0.3, -0.25) is 9.69 Å². The van der Waals surface area contributed by atoms with E-state index in [2.05, 4.69) is 4.90 Å². The number of aryl methyl sites for hydroxylation is 2. The van der Waals surface area contributed by atoms with Gasteiger partial charge in [-0.15, -0.1) is 12.4 Å². The molecule has 1 unspecified atom stereocenters. The Bertz CT molecular complexity index is 743. The van der Waals surface area contributed by atoms with Crippen molar-refractivity contribution >= 4 is 18.4 Å². The zero-order chi connectivity index (χ0) is 18.5. The summed E-state index contributed by atoms with van der Waals surface area (Å²) < 4.78 is 11.9. The van der Waals surface area contributed by atoms with Crippen LogP contribution in [0.4, 0.5) is 0 Å². The maximum atomic E-state index is 10.8. The monoisotopic (exact) mass is 391 g/mol. The zero-order valence-corrected chi connectivity index (χ0v) is 16.5. The van der Waals surface area contributed by atoms with Crippen molar-refractivity contribution in [2.75, 3.05) is 26.2 Å². The summed E-state index contributed by atoms with van der Waals surface area (Å²) in [5.74, 6) is 0.930. The fourth-order valence-corrected chi connectivity index (χ4v) is 3.19. The Kier molecular flexibility index (Phi) is 7.66. The molecular weight excluding hydrogens is 366 g/mol.